The molecule has 0 bridgehead atoms. The van der Waals surface area contributed by atoms with Crippen LogP contribution in [0.25, 0.3) is 26.1 Å². The lowest BCUT2D eigenvalue weighted by Gasteiger charge is -2.05. The molecular formula is C17H13BrN4O2S. The first kappa shape index (κ1) is 16.2. The molecule has 0 saturated carbocycles. The van der Waals surface area contributed by atoms with E-state index >= 15 is 0 Å². The van der Waals surface area contributed by atoms with Crippen molar-refractivity contribution in [1.29, 1.82) is 0 Å². The van der Waals surface area contributed by atoms with Crippen molar-refractivity contribution in [2.24, 2.45) is 0 Å². The van der Waals surface area contributed by atoms with Gasteiger partial charge in [0.15, 0.2) is 0 Å². The van der Waals surface area contributed by atoms with Crippen LogP contribution in [0.4, 0.5) is 0 Å². The molecule has 4 aromatic rings. The molecule has 0 aliphatic carbocycles. The molecule has 0 N–H and O–H groups in total. The molecule has 6 nitrogen and oxygen atoms in total. The SMILES string of the molecule is COc1ccc(-n2nnc3c(sc4nc(C)c(Br)c(C)c43)c2=O)cc1. The number of ether oxygens (including phenoxy) is 1. The van der Waals surface area contributed by atoms with Crippen LogP contribution in [0.15, 0.2) is 33.5 Å². The average Bonchev–Trinajstić information content (AvgIpc) is 2.99. The van der Waals surface area contributed by atoms with E-state index in [0.29, 0.717) is 21.7 Å². The summed E-state index contributed by atoms with van der Waals surface area (Å²) in [5, 5.41) is 9.32. The summed E-state index contributed by atoms with van der Waals surface area (Å²) in [4.78, 5) is 18.3. The second-order valence-electron chi connectivity index (χ2n) is 5.60. The molecule has 25 heavy (non-hydrogen) atoms. The van der Waals surface area contributed by atoms with Crippen LogP contribution >= 0.6 is 27.3 Å². The summed E-state index contributed by atoms with van der Waals surface area (Å²) in [5.74, 6) is 0.716. The molecule has 0 amide bonds. The number of aromatic nitrogens is 4. The van der Waals surface area contributed by atoms with E-state index < -0.39 is 0 Å². The molecule has 8 heteroatoms. The highest BCUT2D eigenvalue weighted by Crippen LogP contribution is 2.35. The van der Waals surface area contributed by atoms with Gasteiger partial charge in [0.1, 0.15) is 20.8 Å². The van der Waals surface area contributed by atoms with E-state index in [1.807, 2.05) is 13.8 Å². The fourth-order valence-electron chi connectivity index (χ4n) is 2.77. The Balaban J connectivity index is 2.01. The van der Waals surface area contributed by atoms with Gasteiger partial charge in [0.2, 0.25) is 0 Å². The molecule has 0 radical (unpaired) electrons. The van der Waals surface area contributed by atoms with Crippen molar-refractivity contribution in [3.8, 4) is 11.4 Å². The normalized spacial score (nSPS) is 11.4. The van der Waals surface area contributed by atoms with Crippen LogP contribution in [0.2, 0.25) is 0 Å². The second-order valence-corrected chi connectivity index (χ2v) is 7.39. The fraction of sp³-hybridized carbons (Fsp3) is 0.176. The van der Waals surface area contributed by atoms with Gasteiger partial charge in [0.25, 0.3) is 5.56 Å². The van der Waals surface area contributed by atoms with Gasteiger partial charge in [-0.3, -0.25) is 4.79 Å². The molecule has 3 aromatic heterocycles. The summed E-state index contributed by atoms with van der Waals surface area (Å²) in [6.07, 6.45) is 0. The minimum Gasteiger partial charge on any atom is -0.497 e. The van der Waals surface area contributed by atoms with Crippen LogP contribution in [0.5, 0.6) is 5.75 Å². The maximum Gasteiger partial charge on any atom is 0.292 e. The summed E-state index contributed by atoms with van der Waals surface area (Å²) in [6, 6.07) is 7.12. The third-order valence-corrected chi connectivity index (χ3v) is 6.32. The van der Waals surface area contributed by atoms with Crippen molar-refractivity contribution in [2.75, 3.05) is 7.11 Å². The van der Waals surface area contributed by atoms with Crippen LogP contribution in [-0.2, 0) is 0 Å². The molecular weight excluding hydrogens is 404 g/mol. The van der Waals surface area contributed by atoms with Crippen molar-refractivity contribution >= 4 is 47.7 Å². The summed E-state index contributed by atoms with van der Waals surface area (Å²) in [7, 11) is 1.60. The zero-order chi connectivity index (χ0) is 17.7. The lowest BCUT2D eigenvalue weighted by molar-refractivity contribution is 0.414. The molecule has 126 valence electrons. The van der Waals surface area contributed by atoms with Gasteiger partial charge in [-0.25, -0.2) is 4.98 Å². The van der Waals surface area contributed by atoms with Crippen LogP contribution in [0, 0.1) is 13.8 Å². The number of hydrogen-bond acceptors (Lipinski definition) is 6. The van der Waals surface area contributed by atoms with E-state index in [4.69, 9.17) is 4.74 Å². The van der Waals surface area contributed by atoms with Crippen LogP contribution in [0.3, 0.4) is 0 Å². The Bertz CT molecular complexity index is 1180. The summed E-state index contributed by atoms with van der Waals surface area (Å²) >= 11 is 4.90. The first-order chi connectivity index (χ1) is 12.0. The number of halogens is 1. The van der Waals surface area contributed by atoms with Crippen molar-refractivity contribution in [1.82, 2.24) is 20.0 Å². The van der Waals surface area contributed by atoms with Crippen LogP contribution in [0.1, 0.15) is 11.3 Å². The van der Waals surface area contributed by atoms with Crippen LogP contribution in [-0.4, -0.2) is 27.1 Å². The minimum absolute atomic E-state index is 0.202. The largest absolute Gasteiger partial charge is 0.497 e. The maximum atomic E-state index is 12.9. The molecule has 0 unspecified atom stereocenters. The minimum atomic E-state index is -0.202. The Hall–Kier alpha value is -2.32. The number of nitrogens with zero attached hydrogens (tertiary/aromatic N) is 4. The molecule has 4 rings (SSSR count). The second kappa shape index (κ2) is 5.89. The Kier molecular flexibility index (Phi) is 3.81. The molecule has 0 atom stereocenters. The molecule has 0 spiro atoms. The third kappa shape index (κ3) is 2.44. The first-order valence-corrected chi connectivity index (χ1v) is 9.11. The maximum absolute atomic E-state index is 12.9. The van der Waals surface area contributed by atoms with Gasteiger partial charge in [-0.1, -0.05) is 5.21 Å². The van der Waals surface area contributed by atoms with Crippen molar-refractivity contribution in [2.45, 2.75) is 13.8 Å². The highest BCUT2D eigenvalue weighted by atomic mass is 79.9. The summed E-state index contributed by atoms with van der Waals surface area (Å²) in [6.45, 7) is 3.92. The van der Waals surface area contributed by atoms with E-state index in [2.05, 4.69) is 31.2 Å². The monoisotopic (exact) mass is 416 g/mol. The van der Waals surface area contributed by atoms with E-state index in [0.717, 1.165) is 25.9 Å². The standard InChI is InChI=1S/C17H13BrN4O2S/c1-8-12-14-15(25-16(12)19-9(2)13(8)18)17(23)22(21-20-14)10-4-6-11(24-3)7-5-10/h4-7H,1-3H3. The van der Waals surface area contributed by atoms with E-state index in [1.165, 1.54) is 16.0 Å². The van der Waals surface area contributed by atoms with Gasteiger partial charge in [0.05, 0.1) is 18.5 Å². The number of pyridine rings is 1. The van der Waals surface area contributed by atoms with E-state index in [9.17, 15) is 4.79 Å². The number of fused-ring (bicyclic) bond motifs is 3. The van der Waals surface area contributed by atoms with Gasteiger partial charge in [-0.05, 0) is 59.6 Å². The van der Waals surface area contributed by atoms with Crippen molar-refractivity contribution in [3.63, 3.8) is 0 Å². The van der Waals surface area contributed by atoms with E-state index in [-0.39, 0.29) is 5.56 Å². The fourth-order valence-corrected chi connectivity index (χ4v) is 4.20. The van der Waals surface area contributed by atoms with Gasteiger partial charge in [-0.15, -0.1) is 16.4 Å². The number of thiophene rings is 1. The molecule has 0 aliphatic heterocycles. The van der Waals surface area contributed by atoms with Gasteiger partial charge < -0.3 is 4.74 Å². The zero-order valence-corrected chi connectivity index (χ0v) is 16.1. The van der Waals surface area contributed by atoms with Crippen molar-refractivity contribution in [3.05, 3.63) is 50.3 Å². The number of methoxy groups -OCH3 is 1. The average molecular weight is 417 g/mol. The van der Waals surface area contributed by atoms with Gasteiger partial charge in [0, 0.05) is 9.86 Å². The Morgan fingerprint density at radius 3 is 2.60 bits per heavy atom. The topological polar surface area (TPSA) is 69.9 Å². The number of benzene rings is 1. The third-order valence-electron chi connectivity index (χ3n) is 4.09. The predicted molar refractivity (Wildman–Crippen MR) is 102 cm³/mol. The Labute approximate surface area is 155 Å². The first-order valence-electron chi connectivity index (χ1n) is 7.50. The summed E-state index contributed by atoms with van der Waals surface area (Å²) < 4.78 is 7.93. The Morgan fingerprint density at radius 2 is 1.92 bits per heavy atom. The highest BCUT2D eigenvalue weighted by molar-refractivity contribution is 9.10. The van der Waals surface area contributed by atoms with Gasteiger partial charge >= 0.3 is 0 Å². The number of aryl methyl sites for hydroxylation is 2. The predicted octanol–water partition coefficient (Wildman–Crippen LogP) is 3.78. The smallest absolute Gasteiger partial charge is 0.292 e. The molecule has 1 aromatic carbocycles. The molecule has 0 fully saturated rings. The lowest BCUT2D eigenvalue weighted by atomic mass is 10.1. The van der Waals surface area contributed by atoms with E-state index in [1.54, 1.807) is 31.4 Å². The lowest BCUT2D eigenvalue weighted by Crippen LogP contribution is -2.21. The zero-order valence-electron chi connectivity index (χ0n) is 13.7. The Morgan fingerprint density at radius 1 is 1.20 bits per heavy atom. The number of rotatable bonds is 2. The van der Waals surface area contributed by atoms with Crippen LogP contribution < -0.4 is 10.3 Å². The molecule has 3 heterocycles. The highest BCUT2D eigenvalue weighted by Gasteiger charge is 2.18. The molecule has 0 saturated heterocycles. The number of hydrogen-bond donors (Lipinski definition) is 0. The van der Waals surface area contributed by atoms with Gasteiger partial charge in [-0.2, -0.15) is 4.68 Å². The van der Waals surface area contributed by atoms with Crippen molar-refractivity contribution < 1.29 is 4.74 Å². The quantitative estimate of drug-likeness (QED) is 0.497. The molecule has 0 aliphatic rings. The summed E-state index contributed by atoms with van der Waals surface area (Å²) in [5.41, 5.74) is 2.94.